The lowest BCUT2D eigenvalue weighted by Gasteiger charge is -2.43. The molecule has 0 N–H and O–H groups in total. The van der Waals surface area contributed by atoms with E-state index >= 15 is 0 Å². The van der Waals surface area contributed by atoms with Crippen LogP contribution in [0.4, 0.5) is 0 Å². The van der Waals surface area contributed by atoms with Crippen molar-refractivity contribution in [3.8, 4) is 0 Å². The molecule has 0 aromatic carbocycles. The number of alkyl halides is 4. The van der Waals surface area contributed by atoms with Gasteiger partial charge in [0.05, 0.1) is 5.38 Å². The molecule has 1 fully saturated rings. The van der Waals surface area contributed by atoms with Gasteiger partial charge >= 0.3 is 0 Å². The van der Waals surface area contributed by atoms with E-state index in [4.69, 9.17) is 23.2 Å². The fourth-order valence-electron chi connectivity index (χ4n) is 1.36. The maximum absolute atomic E-state index is 11.6. The molecule has 0 aliphatic heterocycles. The van der Waals surface area contributed by atoms with Crippen LogP contribution in [-0.4, -0.2) is 19.8 Å². The zero-order valence-corrected chi connectivity index (χ0v) is 12.0. The topological polar surface area (TPSA) is 17.1 Å². The van der Waals surface area contributed by atoms with Crippen LogP contribution in [0.3, 0.4) is 0 Å². The first-order valence-electron chi connectivity index (χ1n) is 3.89. The van der Waals surface area contributed by atoms with Crippen LogP contribution in [0.2, 0.25) is 0 Å². The Kier molecular flexibility index (Phi) is 3.45. The van der Waals surface area contributed by atoms with Gasteiger partial charge in [0.1, 0.15) is 0 Å². The Labute approximate surface area is 105 Å². The van der Waals surface area contributed by atoms with Gasteiger partial charge in [-0.05, 0) is 5.41 Å². The molecule has 0 spiro atoms. The highest BCUT2D eigenvalue weighted by molar-refractivity contribution is 9.11. The number of carbonyl (C=O) groups excluding carboxylic acids is 1. The van der Waals surface area contributed by atoms with E-state index in [9.17, 15) is 4.79 Å². The highest BCUT2D eigenvalue weighted by Gasteiger charge is 2.54. The minimum absolute atomic E-state index is 0.0243. The highest BCUT2D eigenvalue weighted by atomic mass is 79.9. The molecule has 0 amide bonds. The Bertz CT molecular complexity index is 240. The van der Waals surface area contributed by atoms with Crippen LogP contribution in [0.1, 0.15) is 20.3 Å². The first kappa shape index (κ1) is 12.3. The number of ketones is 1. The Morgan fingerprint density at radius 1 is 1.54 bits per heavy atom. The molecule has 0 saturated heterocycles. The highest BCUT2D eigenvalue weighted by Crippen LogP contribution is 2.50. The van der Waals surface area contributed by atoms with Crippen LogP contribution < -0.4 is 0 Å². The summed E-state index contributed by atoms with van der Waals surface area (Å²) < 4.78 is -1.11. The van der Waals surface area contributed by atoms with Crippen molar-refractivity contribution in [1.82, 2.24) is 0 Å². The van der Waals surface area contributed by atoms with Crippen LogP contribution in [0.25, 0.3) is 0 Å². The Morgan fingerprint density at radius 3 is 2.46 bits per heavy atom. The van der Waals surface area contributed by atoms with Gasteiger partial charge in [-0.15, -0.1) is 11.6 Å². The van der Waals surface area contributed by atoms with Gasteiger partial charge in [-0.25, -0.2) is 0 Å². The van der Waals surface area contributed by atoms with E-state index in [-0.39, 0.29) is 16.0 Å². The molecule has 13 heavy (non-hydrogen) atoms. The summed E-state index contributed by atoms with van der Waals surface area (Å²) in [5, 5.41) is -0.439. The van der Waals surface area contributed by atoms with Gasteiger partial charge < -0.3 is 0 Å². The molecular weight excluding hydrogens is 343 g/mol. The van der Waals surface area contributed by atoms with E-state index in [1.807, 2.05) is 13.8 Å². The quantitative estimate of drug-likeness (QED) is 0.608. The molecule has 0 heterocycles. The smallest absolute Gasteiger partial charge is 0.174 e. The molecule has 1 aliphatic carbocycles. The SMILES string of the molecule is CC1(C)CC(=O)C(Cl)(Br)C(Cl)C1Br. The molecule has 0 bridgehead atoms. The van der Waals surface area contributed by atoms with Gasteiger partial charge in [0.2, 0.25) is 0 Å². The van der Waals surface area contributed by atoms with Crippen LogP contribution in [0.15, 0.2) is 0 Å². The van der Waals surface area contributed by atoms with E-state index in [1.54, 1.807) is 0 Å². The molecule has 0 radical (unpaired) electrons. The van der Waals surface area contributed by atoms with Crippen molar-refractivity contribution in [1.29, 1.82) is 0 Å². The Morgan fingerprint density at radius 2 is 2.00 bits per heavy atom. The summed E-state index contributed by atoms with van der Waals surface area (Å²) in [4.78, 5) is 11.6. The molecule has 1 aliphatic rings. The normalized spacial score (nSPS) is 44.9. The molecule has 3 atom stereocenters. The fourth-order valence-corrected chi connectivity index (χ4v) is 3.49. The van der Waals surface area contributed by atoms with Crippen LogP contribution >= 0.6 is 55.1 Å². The van der Waals surface area contributed by atoms with Crippen LogP contribution in [0.5, 0.6) is 0 Å². The monoisotopic (exact) mass is 350 g/mol. The van der Waals surface area contributed by atoms with Crippen molar-refractivity contribution in [2.24, 2.45) is 5.41 Å². The summed E-state index contributed by atoms with van der Waals surface area (Å²) in [7, 11) is 0. The maximum atomic E-state index is 11.6. The van der Waals surface area contributed by atoms with Gasteiger partial charge in [-0.2, -0.15) is 0 Å². The number of Topliss-reactive ketones (excluding diaryl/α,β-unsaturated/α-hetero) is 1. The average Bonchev–Trinajstić information content (AvgIpc) is 1.98. The van der Waals surface area contributed by atoms with Gasteiger partial charge in [0, 0.05) is 11.2 Å². The molecule has 0 aromatic heterocycles. The predicted octanol–water partition coefficient (Wildman–Crippen LogP) is 3.69. The third-order valence-corrected chi connectivity index (χ3v) is 6.75. The number of hydrogen-bond acceptors (Lipinski definition) is 1. The molecule has 1 rings (SSSR count). The Hall–Kier alpha value is 1.21. The minimum Gasteiger partial charge on any atom is -0.297 e. The summed E-state index contributed by atoms with van der Waals surface area (Å²) in [5.74, 6) is -0.0464. The molecule has 1 nitrogen and oxygen atoms in total. The second kappa shape index (κ2) is 3.66. The maximum Gasteiger partial charge on any atom is 0.174 e. The van der Waals surface area contributed by atoms with Crippen LogP contribution in [0, 0.1) is 5.41 Å². The van der Waals surface area contributed by atoms with Crippen molar-refractivity contribution >= 4 is 60.8 Å². The molecule has 3 unspecified atom stereocenters. The number of carbonyl (C=O) groups is 1. The zero-order chi connectivity index (χ0) is 10.4. The van der Waals surface area contributed by atoms with E-state index in [0.717, 1.165) is 0 Å². The lowest BCUT2D eigenvalue weighted by atomic mass is 9.76. The lowest BCUT2D eigenvalue weighted by Crippen LogP contribution is -2.53. The molecule has 0 aromatic rings. The zero-order valence-electron chi connectivity index (χ0n) is 7.28. The third-order valence-electron chi connectivity index (χ3n) is 2.34. The van der Waals surface area contributed by atoms with Crippen LogP contribution in [-0.2, 0) is 4.79 Å². The molecule has 5 heteroatoms. The summed E-state index contributed by atoms with van der Waals surface area (Å²) in [6.07, 6.45) is 0.431. The van der Waals surface area contributed by atoms with Crippen molar-refractivity contribution in [3.05, 3.63) is 0 Å². The van der Waals surface area contributed by atoms with Gasteiger partial charge in [-0.3, -0.25) is 4.79 Å². The van der Waals surface area contributed by atoms with Crippen molar-refractivity contribution in [2.45, 2.75) is 34.3 Å². The second-order valence-corrected chi connectivity index (χ2v) is 7.78. The molecule has 76 valence electrons. The van der Waals surface area contributed by atoms with Crippen molar-refractivity contribution in [2.75, 3.05) is 0 Å². The van der Waals surface area contributed by atoms with E-state index in [2.05, 4.69) is 31.9 Å². The largest absolute Gasteiger partial charge is 0.297 e. The standard InChI is InChI=1S/C8H10Br2Cl2O/c1-7(2)3-4(13)8(10,12)6(11)5(7)9/h5-6H,3H2,1-2H3. The molecular formula is C8H10Br2Cl2O. The summed E-state index contributed by atoms with van der Waals surface area (Å²) >= 11 is 18.7. The van der Waals surface area contributed by atoms with Crippen molar-refractivity contribution in [3.63, 3.8) is 0 Å². The van der Waals surface area contributed by atoms with E-state index in [0.29, 0.717) is 6.42 Å². The average molecular weight is 353 g/mol. The second-order valence-electron chi connectivity index (χ2n) is 4.02. The number of rotatable bonds is 0. The first-order valence-corrected chi connectivity index (χ1v) is 6.41. The number of halogens is 4. The summed E-state index contributed by atoms with van der Waals surface area (Å²) in [5.41, 5.74) is -0.143. The fraction of sp³-hybridized carbons (Fsp3) is 0.875. The van der Waals surface area contributed by atoms with E-state index in [1.165, 1.54) is 0 Å². The predicted molar refractivity (Wildman–Crippen MR) is 63.3 cm³/mol. The number of hydrogen-bond donors (Lipinski definition) is 0. The minimum atomic E-state index is -1.11. The third kappa shape index (κ3) is 2.09. The first-order chi connectivity index (χ1) is 5.69. The summed E-state index contributed by atoms with van der Waals surface area (Å²) in [6, 6.07) is 0. The Balaban J connectivity index is 3.00. The van der Waals surface area contributed by atoms with Gasteiger partial charge in [-0.1, -0.05) is 57.3 Å². The lowest BCUT2D eigenvalue weighted by molar-refractivity contribution is -0.122. The van der Waals surface area contributed by atoms with Gasteiger partial charge in [0.25, 0.3) is 0 Å². The summed E-state index contributed by atoms with van der Waals surface area (Å²) in [6.45, 7) is 4.00. The van der Waals surface area contributed by atoms with Gasteiger partial charge in [0.15, 0.2) is 9.57 Å². The van der Waals surface area contributed by atoms with Crippen molar-refractivity contribution < 1.29 is 4.79 Å². The molecule has 1 saturated carbocycles. The van der Waals surface area contributed by atoms with E-state index < -0.39 is 9.16 Å².